The monoisotopic (exact) mass is 386 g/mol. The quantitative estimate of drug-likeness (QED) is 0.785. The Morgan fingerprint density at radius 1 is 1.48 bits per heavy atom. The van der Waals surface area contributed by atoms with Gasteiger partial charge in [0.2, 0.25) is 0 Å². The Bertz CT molecular complexity index is 580. The van der Waals surface area contributed by atoms with Crippen LogP contribution in [0.4, 0.5) is 0 Å². The average molecular weight is 387 g/mol. The molecular formula is C16H23BrN2O4. The molecule has 0 unspecified atom stereocenters. The SMILES string of the molecule is CCN1CCC[C@@H]1CNC(=O)c1c(O)c(Br)cc(OC)c1OC. The van der Waals surface area contributed by atoms with Gasteiger partial charge in [-0.2, -0.15) is 0 Å². The molecule has 1 saturated heterocycles. The van der Waals surface area contributed by atoms with Crippen LogP contribution in [0.3, 0.4) is 0 Å². The molecule has 0 aromatic heterocycles. The number of hydrogen-bond acceptors (Lipinski definition) is 5. The maximum absolute atomic E-state index is 12.6. The van der Waals surface area contributed by atoms with Crippen molar-refractivity contribution in [2.75, 3.05) is 33.9 Å². The van der Waals surface area contributed by atoms with Crippen LogP contribution >= 0.6 is 15.9 Å². The maximum atomic E-state index is 12.6. The van der Waals surface area contributed by atoms with Crippen LogP contribution in [0.5, 0.6) is 17.2 Å². The highest BCUT2D eigenvalue weighted by molar-refractivity contribution is 9.10. The molecule has 0 saturated carbocycles. The first-order chi connectivity index (χ1) is 11.0. The zero-order valence-corrected chi connectivity index (χ0v) is 15.3. The molecule has 1 aromatic rings. The number of phenolic OH excluding ortho intramolecular Hbond substituents is 1. The van der Waals surface area contributed by atoms with Gasteiger partial charge < -0.3 is 19.9 Å². The maximum Gasteiger partial charge on any atom is 0.259 e. The number of rotatable bonds is 6. The summed E-state index contributed by atoms with van der Waals surface area (Å²) >= 11 is 3.23. The molecule has 1 fully saturated rings. The van der Waals surface area contributed by atoms with E-state index in [2.05, 4.69) is 33.1 Å². The van der Waals surface area contributed by atoms with Gasteiger partial charge in [0.25, 0.3) is 5.91 Å². The van der Waals surface area contributed by atoms with Gasteiger partial charge in [-0.15, -0.1) is 0 Å². The molecule has 2 N–H and O–H groups in total. The third-order valence-electron chi connectivity index (χ3n) is 4.23. The van der Waals surface area contributed by atoms with Gasteiger partial charge in [-0.1, -0.05) is 6.92 Å². The summed E-state index contributed by atoms with van der Waals surface area (Å²) in [5, 5.41) is 13.1. The lowest BCUT2D eigenvalue weighted by Crippen LogP contribution is -2.40. The van der Waals surface area contributed by atoms with Gasteiger partial charge in [-0.3, -0.25) is 9.69 Å². The van der Waals surface area contributed by atoms with Gasteiger partial charge in [-0.05, 0) is 41.9 Å². The lowest BCUT2D eigenvalue weighted by molar-refractivity contribution is 0.0934. The summed E-state index contributed by atoms with van der Waals surface area (Å²) in [7, 11) is 2.93. The fourth-order valence-electron chi connectivity index (χ4n) is 3.01. The summed E-state index contributed by atoms with van der Waals surface area (Å²) in [5.74, 6) is 0.0867. The predicted molar refractivity (Wildman–Crippen MR) is 91.5 cm³/mol. The number of hydrogen-bond donors (Lipinski definition) is 2. The lowest BCUT2D eigenvalue weighted by Gasteiger charge is -2.23. The number of ether oxygens (including phenoxy) is 2. The van der Waals surface area contributed by atoms with Crippen molar-refractivity contribution in [2.24, 2.45) is 0 Å². The molecule has 1 aliphatic rings. The Morgan fingerprint density at radius 3 is 2.83 bits per heavy atom. The van der Waals surface area contributed by atoms with E-state index in [-0.39, 0.29) is 23.0 Å². The number of amides is 1. The van der Waals surface area contributed by atoms with Gasteiger partial charge in [0.1, 0.15) is 11.3 Å². The number of carbonyl (C=O) groups excluding carboxylic acids is 1. The van der Waals surface area contributed by atoms with Gasteiger partial charge in [0.05, 0.1) is 18.7 Å². The Balaban J connectivity index is 2.20. The molecular weight excluding hydrogens is 364 g/mol. The van der Waals surface area contributed by atoms with Crippen molar-refractivity contribution in [2.45, 2.75) is 25.8 Å². The summed E-state index contributed by atoms with van der Waals surface area (Å²) in [5.41, 5.74) is 0.0831. The van der Waals surface area contributed by atoms with E-state index in [0.29, 0.717) is 22.8 Å². The van der Waals surface area contributed by atoms with Crippen molar-refractivity contribution in [3.05, 3.63) is 16.1 Å². The van der Waals surface area contributed by atoms with Crippen molar-refractivity contribution >= 4 is 21.8 Å². The van der Waals surface area contributed by atoms with E-state index in [9.17, 15) is 9.90 Å². The number of likely N-dealkylation sites (tertiary alicyclic amines) is 1. The molecule has 1 aliphatic heterocycles. The van der Waals surface area contributed by atoms with Crippen LogP contribution < -0.4 is 14.8 Å². The number of aromatic hydroxyl groups is 1. The van der Waals surface area contributed by atoms with E-state index >= 15 is 0 Å². The molecule has 0 spiro atoms. The van der Waals surface area contributed by atoms with Crippen LogP contribution in [-0.2, 0) is 0 Å². The van der Waals surface area contributed by atoms with Crippen LogP contribution in [0, 0.1) is 0 Å². The largest absolute Gasteiger partial charge is 0.506 e. The molecule has 1 heterocycles. The van der Waals surface area contributed by atoms with Crippen LogP contribution in [0.25, 0.3) is 0 Å². The van der Waals surface area contributed by atoms with Gasteiger partial charge in [-0.25, -0.2) is 0 Å². The Kier molecular flexibility index (Phi) is 6.12. The highest BCUT2D eigenvalue weighted by atomic mass is 79.9. The predicted octanol–water partition coefficient (Wildman–Crippen LogP) is 2.39. The normalized spacial score (nSPS) is 18.0. The topological polar surface area (TPSA) is 71.0 Å². The van der Waals surface area contributed by atoms with Gasteiger partial charge in [0, 0.05) is 18.7 Å². The zero-order chi connectivity index (χ0) is 17.0. The van der Waals surface area contributed by atoms with E-state index < -0.39 is 0 Å². The Labute approximate surface area is 144 Å². The minimum Gasteiger partial charge on any atom is -0.506 e. The third kappa shape index (κ3) is 3.72. The minimum absolute atomic E-state index is 0.0831. The van der Waals surface area contributed by atoms with Crippen molar-refractivity contribution in [1.29, 1.82) is 0 Å². The van der Waals surface area contributed by atoms with Gasteiger partial charge >= 0.3 is 0 Å². The number of halogens is 1. The van der Waals surface area contributed by atoms with E-state index in [1.807, 2.05) is 0 Å². The molecule has 0 aliphatic carbocycles. The van der Waals surface area contributed by atoms with Crippen LogP contribution in [-0.4, -0.2) is 55.8 Å². The van der Waals surface area contributed by atoms with Crippen molar-refractivity contribution in [3.63, 3.8) is 0 Å². The second kappa shape index (κ2) is 7.88. The second-order valence-corrected chi connectivity index (χ2v) is 6.31. The molecule has 23 heavy (non-hydrogen) atoms. The third-order valence-corrected chi connectivity index (χ3v) is 4.83. The van der Waals surface area contributed by atoms with Crippen LogP contribution in [0.15, 0.2) is 10.5 Å². The fourth-order valence-corrected chi connectivity index (χ4v) is 3.41. The summed E-state index contributed by atoms with van der Waals surface area (Å²) in [6, 6.07) is 1.91. The molecule has 7 heteroatoms. The molecule has 0 bridgehead atoms. The van der Waals surface area contributed by atoms with Crippen molar-refractivity contribution in [3.8, 4) is 17.2 Å². The number of nitrogens with zero attached hydrogens (tertiary/aromatic N) is 1. The molecule has 1 aromatic carbocycles. The van der Waals surface area contributed by atoms with Crippen LogP contribution in [0.2, 0.25) is 0 Å². The second-order valence-electron chi connectivity index (χ2n) is 5.45. The number of likely N-dealkylation sites (N-methyl/N-ethyl adjacent to an activating group) is 1. The highest BCUT2D eigenvalue weighted by Crippen LogP contribution is 2.42. The number of nitrogens with one attached hydrogen (secondary N) is 1. The first-order valence-electron chi connectivity index (χ1n) is 7.69. The van der Waals surface area contributed by atoms with Gasteiger partial charge in [0.15, 0.2) is 11.5 Å². The van der Waals surface area contributed by atoms with E-state index in [1.165, 1.54) is 14.2 Å². The molecule has 128 valence electrons. The Hall–Kier alpha value is -1.47. The zero-order valence-electron chi connectivity index (χ0n) is 13.7. The summed E-state index contributed by atoms with van der Waals surface area (Å²) in [4.78, 5) is 14.9. The fraction of sp³-hybridized carbons (Fsp3) is 0.562. The minimum atomic E-state index is -0.373. The van der Waals surface area contributed by atoms with Crippen LogP contribution in [0.1, 0.15) is 30.1 Å². The van der Waals surface area contributed by atoms with Crippen molar-refractivity contribution < 1.29 is 19.4 Å². The van der Waals surface area contributed by atoms with E-state index in [0.717, 1.165) is 25.9 Å². The summed E-state index contributed by atoms with van der Waals surface area (Å²) in [6.45, 7) is 4.70. The number of benzene rings is 1. The number of phenols is 1. The Morgan fingerprint density at radius 2 is 2.22 bits per heavy atom. The number of methoxy groups -OCH3 is 2. The molecule has 6 nitrogen and oxygen atoms in total. The highest BCUT2D eigenvalue weighted by Gasteiger charge is 2.27. The average Bonchev–Trinajstić information content (AvgIpc) is 3.01. The number of carbonyl (C=O) groups is 1. The standard InChI is InChI=1S/C16H23BrN2O4/c1-4-19-7-5-6-10(19)9-18-16(21)13-14(20)11(17)8-12(22-2)15(13)23-3/h8,10,20H,4-7,9H2,1-3H3,(H,18,21)/t10-/m1/s1. The van der Waals surface area contributed by atoms with E-state index in [4.69, 9.17) is 9.47 Å². The van der Waals surface area contributed by atoms with E-state index in [1.54, 1.807) is 6.07 Å². The van der Waals surface area contributed by atoms with Crippen molar-refractivity contribution in [1.82, 2.24) is 10.2 Å². The summed E-state index contributed by atoms with van der Waals surface area (Å²) < 4.78 is 10.9. The molecule has 2 rings (SSSR count). The first kappa shape index (κ1) is 17.9. The molecule has 0 radical (unpaired) electrons. The molecule has 1 amide bonds. The smallest absolute Gasteiger partial charge is 0.259 e. The molecule has 1 atom stereocenters. The first-order valence-corrected chi connectivity index (χ1v) is 8.48. The lowest BCUT2D eigenvalue weighted by atomic mass is 10.1. The summed E-state index contributed by atoms with van der Waals surface area (Å²) in [6.07, 6.45) is 2.21.